The van der Waals surface area contributed by atoms with Gasteiger partial charge < -0.3 is 4.79 Å². The Kier molecular flexibility index (Phi) is 11.9. The van der Waals surface area contributed by atoms with Gasteiger partial charge in [-0.1, -0.05) is 5.18 Å². The molecular weight excluding hydrogens is 206 g/mol. The van der Waals surface area contributed by atoms with Crippen LogP contribution in [0.25, 0.3) is 0 Å². The van der Waals surface area contributed by atoms with Crippen LogP contribution in [0.3, 0.4) is 0 Å². The fraction of sp³-hybridized carbons (Fsp3) is 0.875. The summed E-state index contributed by atoms with van der Waals surface area (Å²) in [6.45, 7) is 0.421. The molecule has 0 N–H and O–H groups in total. The molecule has 0 aromatic rings. The molecule has 0 aliphatic carbocycles. The first-order valence-corrected chi connectivity index (χ1v) is 6.61. The summed E-state index contributed by atoms with van der Waals surface area (Å²) in [6.07, 6.45) is 3.25. The minimum atomic E-state index is 0.421. The van der Waals surface area contributed by atoms with Crippen LogP contribution in [-0.4, -0.2) is 35.8 Å². The monoisotopic (exact) mass is 221 g/mol. The van der Waals surface area contributed by atoms with Crippen molar-refractivity contribution in [3.63, 3.8) is 0 Å². The second kappa shape index (κ2) is 12.0. The maximum Gasteiger partial charge on any atom is 0.129 e. The van der Waals surface area contributed by atoms with Gasteiger partial charge >= 0.3 is 0 Å². The maximum absolute atomic E-state index is 9.95. The SMILES string of the molecule is O=CCSCCCCSCCN=O. The lowest BCUT2D eigenvalue weighted by Gasteiger charge is -1.98. The maximum atomic E-state index is 9.95. The van der Waals surface area contributed by atoms with Crippen LogP contribution in [0.1, 0.15) is 12.8 Å². The summed E-state index contributed by atoms with van der Waals surface area (Å²) in [5.74, 6) is 3.61. The van der Waals surface area contributed by atoms with E-state index in [-0.39, 0.29) is 0 Å². The molecule has 0 atom stereocenters. The predicted molar refractivity (Wildman–Crippen MR) is 60.6 cm³/mol. The summed E-state index contributed by atoms with van der Waals surface area (Å²) in [5, 5.41) is 2.78. The highest BCUT2D eigenvalue weighted by molar-refractivity contribution is 8.00. The van der Waals surface area contributed by atoms with Crippen LogP contribution in [0.15, 0.2) is 5.18 Å². The van der Waals surface area contributed by atoms with Crippen molar-refractivity contribution < 1.29 is 4.79 Å². The van der Waals surface area contributed by atoms with Crippen molar-refractivity contribution in [1.82, 2.24) is 0 Å². The van der Waals surface area contributed by atoms with Gasteiger partial charge in [-0.15, -0.1) is 0 Å². The minimum Gasteiger partial charge on any atom is -0.302 e. The molecule has 0 rings (SSSR count). The van der Waals surface area contributed by atoms with Crippen LogP contribution in [0, 0.1) is 4.91 Å². The zero-order chi connectivity index (χ0) is 9.78. The molecule has 0 aromatic carbocycles. The number of unbranched alkanes of at least 4 members (excludes halogenated alkanes) is 1. The van der Waals surface area contributed by atoms with Gasteiger partial charge in [0, 0.05) is 11.5 Å². The van der Waals surface area contributed by atoms with Crippen LogP contribution in [0.4, 0.5) is 0 Å². The highest BCUT2D eigenvalue weighted by atomic mass is 32.2. The Labute approximate surface area is 87.4 Å². The molecule has 0 heterocycles. The molecule has 5 heteroatoms. The first kappa shape index (κ1) is 13.0. The van der Waals surface area contributed by atoms with Crippen molar-refractivity contribution >= 4 is 29.8 Å². The van der Waals surface area contributed by atoms with Gasteiger partial charge in [-0.3, -0.25) is 0 Å². The van der Waals surface area contributed by atoms with Crippen LogP contribution in [-0.2, 0) is 4.79 Å². The van der Waals surface area contributed by atoms with E-state index < -0.39 is 0 Å². The number of nitroso groups, excluding NO2 is 1. The molecule has 0 unspecified atom stereocenters. The average molecular weight is 221 g/mol. The largest absolute Gasteiger partial charge is 0.302 e. The Morgan fingerprint density at radius 2 is 1.77 bits per heavy atom. The van der Waals surface area contributed by atoms with Crippen LogP contribution in [0.2, 0.25) is 0 Å². The molecule has 0 bridgehead atoms. The third-order valence-corrected chi connectivity index (χ3v) is 3.34. The van der Waals surface area contributed by atoms with Gasteiger partial charge in [0.05, 0.1) is 6.54 Å². The zero-order valence-electron chi connectivity index (χ0n) is 7.61. The zero-order valence-corrected chi connectivity index (χ0v) is 9.24. The molecule has 0 radical (unpaired) electrons. The first-order chi connectivity index (χ1) is 6.41. The van der Waals surface area contributed by atoms with Crippen molar-refractivity contribution in [2.24, 2.45) is 5.18 Å². The third kappa shape index (κ3) is 12.0. The van der Waals surface area contributed by atoms with Gasteiger partial charge in [0.15, 0.2) is 0 Å². The molecule has 0 saturated carbocycles. The average Bonchev–Trinajstić information content (AvgIpc) is 2.16. The van der Waals surface area contributed by atoms with E-state index in [1.165, 1.54) is 0 Å². The number of carbonyl (C=O) groups excluding carboxylic acids is 1. The number of rotatable bonds is 10. The van der Waals surface area contributed by atoms with Gasteiger partial charge in [0.2, 0.25) is 0 Å². The van der Waals surface area contributed by atoms with Gasteiger partial charge in [-0.2, -0.15) is 28.4 Å². The molecule has 0 saturated heterocycles. The quantitative estimate of drug-likeness (QED) is 0.322. The van der Waals surface area contributed by atoms with E-state index in [2.05, 4.69) is 5.18 Å². The summed E-state index contributed by atoms with van der Waals surface area (Å²) in [7, 11) is 0. The number of hydrogen-bond donors (Lipinski definition) is 0. The fourth-order valence-electron chi connectivity index (χ4n) is 0.744. The summed E-state index contributed by atoms with van der Waals surface area (Å²) in [5.41, 5.74) is 0. The summed E-state index contributed by atoms with van der Waals surface area (Å²) in [6, 6.07) is 0. The lowest BCUT2D eigenvalue weighted by Crippen LogP contribution is -1.89. The predicted octanol–water partition coefficient (Wildman–Crippen LogP) is 2.20. The van der Waals surface area contributed by atoms with E-state index in [0.717, 1.165) is 36.4 Å². The molecule has 3 nitrogen and oxygen atoms in total. The van der Waals surface area contributed by atoms with E-state index in [4.69, 9.17) is 0 Å². The number of aldehydes is 1. The number of thioether (sulfide) groups is 2. The molecule has 0 spiro atoms. The molecule has 0 aliphatic heterocycles. The molecule has 0 fully saturated rings. The molecular formula is C8H15NO2S2. The second-order valence-corrected chi connectivity index (χ2v) is 4.79. The number of hydrogen-bond acceptors (Lipinski definition) is 5. The van der Waals surface area contributed by atoms with Crippen LogP contribution < -0.4 is 0 Å². The number of carbonyl (C=O) groups is 1. The molecule has 0 amide bonds. The Balaban J connectivity index is 2.83. The van der Waals surface area contributed by atoms with Crippen molar-refractivity contribution in [1.29, 1.82) is 0 Å². The Bertz CT molecular complexity index is 119. The summed E-state index contributed by atoms with van der Waals surface area (Å²) < 4.78 is 0. The van der Waals surface area contributed by atoms with E-state index in [9.17, 15) is 9.70 Å². The minimum absolute atomic E-state index is 0.421. The van der Waals surface area contributed by atoms with Crippen molar-refractivity contribution in [2.75, 3.05) is 29.6 Å². The van der Waals surface area contributed by atoms with Gasteiger partial charge in [-0.25, -0.2) is 0 Å². The van der Waals surface area contributed by atoms with Crippen molar-refractivity contribution in [3.05, 3.63) is 4.91 Å². The van der Waals surface area contributed by atoms with E-state index in [0.29, 0.717) is 12.3 Å². The second-order valence-electron chi connectivity index (χ2n) is 2.41. The fourth-order valence-corrected chi connectivity index (χ4v) is 2.23. The normalized spacial score (nSPS) is 9.85. The third-order valence-electron chi connectivity index (χ3n) is 1.34. The van der Waals surface area contributed by atoms with Gasteiger partial charge in [0.25, 0.3) is 0 Å². The molecule has 76 valence electrons. The van der Waals surface area contributed by atoms with Crippen LogP contribution in [0.5, 0.6) is 0 Å². The molecule has 0 aromatic heterocycles. The lowest BCUT2D eigenvalue weighted by atomic mass is 10.4. The Hall–Kier alpha value is -0.0300. The van der Waals surface area contributed by atoms with E-state index >= 15 is 0 Å². The Morgan fingerprint density at radius 1 is 1.08 bits per heavy atom. The van der Waals surface area contributed by atoms with E-state index in [1.54, 1.807) is 23.5 Å². The highest BCUT2D eigenvalue weighted by Gasteiger charge is 1.91. The van der Waals surface area contributed by atoms with Crippen LogP contribution >= 0.6 is 23.5 Å². The highest BCUT2D eigenvalue weighted by Crippen LogP contribution is 2.07. The van der Waals surface area contributed by atoms with Gasteiger partial charge in [-0.05, 0) is 24.3 Å². The number of nitrogens with zero attached hydrogens (tertiary/aromatic N) is 1. The lowest BCUT2D eigenvalue weighted by molar-refractivity contribution is -0.105. The first-order valence-electron chi connectivity index (χ1n) is 4.30. The molecule has 13 heavy (non-hydrogen) atoms. The van der Waals surface area contributed by atoms with Crippen molar-refractivity contribution in [3.8, 4) is 0 Å². The topological polar surface area (TPSA) is 46.5 Å². The smallest absolute Gasteiger partial charge is 0.129 e. The van der Waals surface area contributed by atoms with E-state index in [1.807, 2.05) is 0 Å². The standard InChI is InChI=1S/C8H15NO2S2/c10-4-8-13-6-2-1-5-12-7-3-9-11/h4H,1-3,5-8H2. The van der Waals surface area contributed by atoms with Crippen molar-refractivity contribution in [2.45, 2.75) is 12.8 Å². The summed E-state index contributed by atoms with van der Waals surface area (Å²) in [4.78, 5) is 19.7. The summed E-state index contributed by atoms with van der Waals surface area (Å²) >= 11 is 3.44. The molecule has 0 aliphatic rings. The van der Waals surface area contributed by atoms with Gasteiger partial charge in [0.1, 0.15) is 6.29 Å². The Morgan fingerprint density at radius 3 is 2.38 bits per heavy atom.